The number of anilines is 2. The normalized spacial score (nSPS) is 11.3. The van der Waals surface area contributed by atoms with Gasteiger partial charge in [0.1, 0.15) is 0 Å². The Labute approximate surface area is 187 Å². The van der Waals surface area contributed by atoms with Crippen LogP contribution in [0.2, 0.25) is 0 Å². The average molecular weight is 417 g/mol. The second kappa shape index (κ2) is 8.52. The lowest BCUT2D eigenvalue weighted by molar-refractivity contribution is 1.25. The third-order valence-electron chi connectivity index (χ3n) is 5.72. The van der Waals surface area contributed by atoms with E-state index in [1.807, 2.05) is 60.7 Å². The lowest BCUT2D eigenvalue weighted by atomic mass is 10.00. The summed E-state index contributed by atoms with van der Waals surface area (Å²) in [5.74, 6) is 0. The molecule has 0 aliphatic rings. The van der Waals surface area contributed by atoms with Gasteiger partial charge in [-0.3, -0.25) is 0 Å². The largest absolute Gasteiger partial charge is 0.301 e. The number of aryl methyl sites for hydroxylation is 2. The lowest BCUT2D eigenvalue weighted by Crippen LogP contribution is -2.08. The van der Waals surface area contributed by atoms with Crippen molar-refractivity contribution in [3.63, 3.8) is 0 Å². The van der Waals surface area contributed by atoms with Gasteiger partial charge in [0.2, 0.25) is 0 Å². The summed E-state index contributed by atoms with van der Waals surface area (Å²) in [4.78, 5) is 0. The van der Waals surface area contributed by atoms with Gasteiger partial charge in [0, 0.05) is 16.2 Å². The molecule has 0 aromatic heterocycles. The van der Waals surface area contributed by atoms with Crippen LogP contribution >= 0.6 is 0 Å². The maximum absolute atomic E-state index is 4.65. The molecule has 0 heterocycles. The average Bonchev–Trinajstić information content (AvgIpc) is 2.83. The highest BCUT2D eigenvalue weighted by molar-refractivity contribution is 6.01. The summed E-state index contributed by atoms with van der Waals surface area (Å²) >= 11 is 0. The predicted octanol–water partition coefficient (Wildman–Crippen LogP) is 8.46. The van der Waals surface area contributed by atoms with Gasteiger partial charge in [-0.05, 0) is 60.7 Å². The fourth-order valence-corrected chi connectivity index (χ4v) is 4.12. The summed E-state index contributed by atoms with van der Waals surface area (Å²) in [6.45, 7) is 4.28. The van der Waals surface area contributed by atoms with Crippen LogP contribution in [-0.2, 0) is 0 Å². The molecule has 5 aromatic rings. The van der Waals surface area contributed by atoms with Crippen LogP contribution in [0.1, 0.15) is 11.1 Å². The molecular formula is C28H24N4. The predicted molar refractivity (Wildman–Crippen MR) is 135 cm³/mol. The molecule has 0 saturated heterocycles. The molecule has 2 N–H and O–H groups in total. The third-order valence-corrected chi connectivity index (χ3v) is 5.72. The molecule has 32 heavy (non-hydrogen) atoms. The fraction of sp³-hybridized carbons (Fsp3) is 0.0714. The standard InChI is InChI=1S/C28H24N4/c1-19-9-8-14-24-27(16-15-20(2)28(19)24)32-31-26-18-17-25(22-12-6-7-13-23(22)26)30-29-21-10-4-3-5-11-21/h3-18,29-30H,1-2H3. The first-order valence-corrected chi connectivity index (χ1v) is 10.7. The molecule has 5 rings (SSSR count). The zero-order chi connectivity index (χ0) is 21.9. The Morgan fingerprint density at radius 1 is 0.500 bits per heavy atom. The van der Waals surface area contributed by atoms with E-state index in [1.165, 1.54) is 16.5 Å². The number of hydrazine groups is 1. The molecule has 0 saturated carbocycles. The van der Waals surface area contributed by atoms with Crippen molar-refractivity contribution >= 4 is 44.3 Å². The molecule has 0 atom stereocenters. The van der Waals surface area contributed by atoms with E-state index in [9.17, 15) is 0 Å². The molecule has 0 bridgehead atoms. The van der Waals surface area contributed by atoms with Gasteiger partial charge in [0.05, 0.1) is 22.7 Å². The van der Waals surface area contributed by atoms with Gasteiger partial charge in [-0.2, -0.15) is 0 Å². The molecule has 0 amide bonds. The van der Waals surface area contributed by atoms with Crippen molar-refractivity contribution in [2.24, 2.45) is 10.2 Å². The van der Waals surface area contributed by atoms with E-state index in [0.29, 0.717) is 0 Å². The Balaban J connectivity index is 1.51. The SMILES string of the molecule is Cc1cccc2c(N=Nc3ccc(NNc4ccccc4)c4ccccc34)ccc(C)c12. The van der Waals surface area contributed by atoms with Gasteiger partial charge in [0.25, 0.3) is 0 Å². The molecule has 0 spiro atoms. The van der Waals surface area contributed by atoms with Crippen molar-refractivity contribution in [3.8, 4) is 0 Å². The van der Waals surface area contributed by atoms with E-state index in [-0.39, 0.29) is 0 Å². The topological polar surface area (TPSA) is 48.8 Å². The number of rotatable bonds is 5. The number of benzene rings is 5. The molecule has 0 aliphatic heterocycles. The zero-order valence-corrected chi connectivity index (χ0v) is 18.1. The first-order valence-electron chi connectivity index (χ1n) is 10.7. The van der Waals surface area contributed by atoms with E-state index >= 15 is 0 Å². The number of fused-ring (bicyclic) bond motifs is 2. The molecule has 4 heteroatoms. The van der Waals surface area contributed by atoms with Gasteiger partial charge in [0.15, 0.2) is 0 Å². The van der Waals surface area contributed by atoms with Crippen LogP contribution in [0, 0.1) is 13.8 Å². The van der Waals surface area contributed by atoms with Gasteiger partial charge in [-0.15, -0.1) is 10.2 Å². The highest BCUT2D eigenvalue weighted by atomic mass is 15.4. The molecule has 156 valence electrons. The highest BCUT2D eigenvalue weighted by Gasteiger charge is 2.08. The Morgan fingerprint density at radius 3 is 1.94 bits per heavy atom. The van der Waals surface area contributed by atoms with Crippen LogP contribution in [0.5, 0.6) is 0 Å². The summed E-state index contributed by atoms with van der Waals surface area (Å²) in [7, 11) is 0. The van der Waals surface area contributed by atoms with Crippen LogP contribution < -0.4 is 10.9 Å². The first kappa shape index (κ1) is 19.8. The van der Waals surface area contributed by atoms with Gasteiger partial charge in [-0.1, -0.05) is 66.7 Å². The van der Waals surface area contributed by atoms with E-state index in [2.05, 4.69) is 71.3 Å². The number of nitrogens with one attached hydrogen (secondary N) is 2. The third kappa shape index (κ3) is 3.79. The van der Waals surface area contributed by atoms with Crippen LogP contribution in [0.15, 0.2) is 107 Å². The summed E-state index contributed by atoms with van der Waals surface area (Å²) < 4.78 is 0. The summed E-state index contributed by atoms with van der Waals surface area (Å²) in [5.41, 5.74) is 12.8. The van der Waals surface area contributed by atoms with E-state index in [4.69, 9.17) is 0 Å². The minimum atomic E-state index is 0.840. The molecule has 4 nitrogen and oxygen atoms in total. The van der Waals surface area contributed by atoms with Crippen LogP contribution in [0.4, 0.5) is 22.7 Å². The van der Waals surface area contributed by atoms with Gasteiger partial charge in [-0.25, -0.2) is 0 Å². The van der Waals surface area contributed by atoms with Crippen LogP contribution in [-0.4, -0.2) is 0 Å². The summed E-state index contributed by atoms with van der Waals surface area (Å²) in [6, 6.07) is 32.8. The Hall–Kier alpha value is -4.18. The van der Waals surface area contributed by atoms with Crippen molar-refractivity contribution in [2.45, 2.75) is 13.8 Å². The molecular weight excluding hydrogens is 392 g/mol. The Kier molecular flexibility index (Phi) is 5.26. The monoisotopic (exact) mass is 416 g/mol. The van der Waals surface area contributed by atoms with Crippen molar-refractivity contribution in [1.82, 2.24) is 0 Å². The highest BCUT2D eigenvalue weighted by Crippen LogP contribution is 2.35. The fourth-order valence-electron chi connectivity index (χ4n) is 4.12. The van der Waals surface area contributed by atoms with Crippen molar-refractivity contribution in [2.75, 3.05) is 10.9 Å². The maximum atomic E-state index is 4.65. The van der Waals surface area contributed by atoms with Gasteiger partial charge >= 0.3 is 0 Å². The van der Waals surface area contributed by atoms with E-state index in [1.54, 1.807) is 0 Å². The van der Waals surface area contributed by atoms with Crippen LogP contribution in [0.25, 0.3) is 21.5 Å². The molecule has 5 aromatic carbocycles. The lowest BCUT2D eigenvalue weighted by Gasteiger charge is -2.13. The number of para-hydroxylation sites is 1. The number of azo groups is 1. The zero-order valence-electron chi connectivity index (χ0n) is 18.1. The quantitative estimate of drug-likeness (QED) is 0.223. The maximum Gasteiger partial charge on any atom is 0.0936 e. The summed E-state index contributed by atoms with van der Waals surface area (Å²) in [5, 5.41) is 13.8. The molecule has 0 radical (unpaired) electrons. The van der Waals surface area contributed by atoms with Gasteiger partial charge < -0.3 is 10.9 Å². The number of nitrogens with zero attached hydrogens (tertiary/aromatic N) is 2. The Morgan fingerprint density at radius 2 is 1.12 bits per heavy atom. The molecule has 0 fully saturated rings. The number of hydrogen-bond donors (Lipinski definition) is 2. The van der Waals surface area contributed by atoms with Crippen LogP contribution in [0.3, 0.4) is 0 Å². The number of hydrogen-bond acceptors (Lipinski definition) is 4. The summed E-state index contributed by atoms with van der Waals surface area (Å²) in [6.07, 6.45) is 0. The second-order valence-electron chi connectivity index (χ2n) is 7.89. The van der Waals surface area contributed by atoms with E-state index < -0.39 is 0 Å². The molecule has 0 unspecified atom stereocenters. The van der Waals surface area contributed by atoms with Crippen molar-refractivity contribution in [3.05, 3.63) is 108 Å². The first-order chi connectivity index (χ1) is 15.7. The minimum absolute atomic E-state index is 0.840. The smallest absolute Gasteiger partial charge is 0.0936 e. The van der Waals surface area contributed by atoms with Crippen molar-refractivity contribution < 1.29 is 0 Å². The van der Waals surface area contributed by atoms with Crippen molar-refractivity contribution in [1.29, 1.82) is 0 Å². The second-order valence-corrected chi connectivity index (χ2v) is 7.89. The minimum Gasteiger partial charge on any atom is -0.301 e. The Bertz CT molecular complexity index is 1430. The molecule has 0 aliphatic carbocycles. The van der Waals surface area contributed by atoms with E-state index in [0.717, 1.165) is 38.9 Å².